The topological polar surface area (TPSA) is 127 Å². The second kappa shape index (κ2) is 10.5. The molecule has 0 saturated carbocycles. The second-order valence-corrected chi connectivity index (χ2v) is 11.4. The maximum atomic E-state index is 13.5. The molecule has 8 bridgehead atoms. The fraction of sp³-hybridized carbons (Fsp3) is 0.324. The molecule has 2 aromatic rings. The Morgan fingerprint density at radius 1 is 1.00 bits per heavy atom. The maximum Gasteiger partial charge on any atom is 0.349 e. The number of hydrogen-bond donors (Lipinski definition) is 2. The van der Waals surface area contributed by atoms with Gasteiger partial charge in [0.05, 0.1) is 41.0 Å². The van der Waals surface area contributed by atoms with Gasteiger partial charge in [-0.25, -0.2) is 19.6 Å². The van der Waals surface area contributed by atoms with Crippen LogP contribution in [-0.4, -0.2) is 45.0 Å². The van der Waals surface area contributed by atoms with Crippen molar-refractivity contribution < 1.29 is 23.9 Å². The lowest BCUT2D eigenvalue weighted by molar-refractivity contribution is -0.140. The van der Waals surface area contributed by atoms with Crippen molar-refractivity contribution in [1.29, 1.82) is 0 Å². The molecule has 0 aromatic carbocycles. The molecule has 4 aliphatic rings. The number of esters is 3. The fourth-order valence-electron chi connectivity index (χ4n) is 6.61. The molecule has 220 valence electrons. The van der Waals surface area contributed by atoms with Crippen LogP contribution < -0.4 is 0 Å². The Balaban J connectivity index is 1.77. The Labute approximate surface area is 249 Å². The number of rotatable bonds is 5. The summed E-state index contributed by atoms with van der Waals surface area (Å²) in [5, 5.41) is 0. The van der Waals surface area contributed by atoms with Gasteiger partial charge < -0.3 is 19.4 Å². The highest BCUT2D eigenvalue weighted by atomic mass is 16.6. The van der Waals surface area contributed by atoms with Gasteiger partial charge in [0.15, 0.2) is 0 Å². The van der Waals surface area contributed by atoms with Gasteiger partial charge in [-0.3, -0.25) is 4.79 Å². The van der Waals surface area contributed by atoms with Crippen molar-refractivity contribution in [2.24, 2.45) is 0 Å². The summed E-state index contributed by atoms with van der Waals surface area (Å²) in [6.07, 6.45) is 3.17. The molecule has 6 rings (SSSR count). The van der Waals surface area contributed by atoms with E-state index in [1.54, 1.807) is 0 Å². The highest BCUT2D eigenvalue weighted by molar-refractivity contribution is 6.18. The third kappa shape index (κ3) is 4.42. The number of cyclic esters (lactones) is 2. The lowest BCUT2D eigenvalue weighted by Crippen LogP contribution is -2.21. The number of aromatic nitrogens is 4. The van der Waals surface area contributed by atoms with E-state index in [-0.39, 0.29) is 29.8 Å². The van der Waals surface area contributed by atoms with Gasteiger partial charge in [0.2, 0.25) is 0 Å². The number of carbonyl (C=O) groups is 3. The van der Waals surface area contributed by atoms with Crippen LogP contribution in [0, 0.1) is 6.92 Å². The predicted molar refractivity (Wildman–Crippen MR) is 165 cm³/mol. The van der Waals surface area contributed by atoms with Crippen LogP contribution in [0.1, 0.15) is 119 Å². The number of aromatic amines is 2. The van der Waals surface area contributed by atoms with Crippen molar-refractivity contribution in [3.05, 3.63) is 81.7 Å². The normalized spacial score (nSPS) is 18.6. The van der Waals surface area contributed by atoms with E-state index in [0.29, 0.717) is 34.3 Å². The summed E-state index contributed by atoms with van der Waals surface area (Å²) in [6, 6.07) is 5.92. The minimum Gasteiger partial charge on any atom is -0.469 e. The van der Waals surface area contributed by atoms with Crippen molar-refractivity contribution in [3.63, 3.8) is 0 Å². The predicted octanol–water partition coefficient (Wildman–Crippen LogP) is 6.95. The van der Waals surface area contributed by atoms with Gasteiger partial charge >= 0.3 is 17.9 Å². The molecule has 0 radical (unpaired) electrons. The van der Waals surface area contributed by atoms with Crippen LogP contribution in [0.5, 0.6) is 0 Å². The van der Waals surface area contributed by atoms with Crippen LogP contribution in [0.4, 0.5) is 0 Å². The quantitative estimate of drug-likeness (QED) is 0.290. The van der Waals surface area contributed by atoms with Crippen molar-refractivity contribution in [3.8, 4) is 0 Å². The van der Waals surface area contributed by atoms with Crippen LogP contribution in [0.25, 0.3) is 33.3 Å². The van der Waals surface area contributed by atoms with Crippen LogP contribution >= 0.6 is 0 Å². The molecule has 9 heteroatoms. The van der Waals surface area contributed by atoms with E-state index in [4.69, 9.17) is 19.4 Å². The first-order valence-electron chi connectivity index (χ1n) is 14.5. The van der Waals surface area contributed by atoms with Crippen LogP contribution in [-0.2, 0) is 14.3 Å². The SMILES string of the molecule is C=CC1=C(C)c2cc3[nH]c(c4c5[nH]c(cc6nc(cc1n2)C(C)=C6CC)c(C)c5C(=O)OC4=O)C(CCC(=O)OC)C3C. The summed E-state index contributed by atoms with van der Waals surface area (Å²) in [4.78, 5) is 55.6. The highest BCUT2D eigenvalue weighted by Crippen LogP contribution is 2.44. The molecule has 0 amide bonds. The zero-order chi connectivity index (χ0) is 30.7. The van der Waals surface area contributed by atoms with Crippen molar-refractivity contribution in [1.82, 2.24) is 19.9 Å². The molecule has 2 aromatic heterocycles. The number of ether oxygens (including phenoxy) is 2. The lowest BCUT2D eigenvalue weighted by atomic mass is 9.85. The van der Waals surface area contributed by atoms with Gasteiger partial charge in [-0.1, -0.05) is 26.5 Å². The van der Waals surface area contributed by atoms with Crippen molar-refractivity contribution in [2.45, 2.75) is 65.7 Å². The molecule has 0 fully saturated rings. The monoisotopic (exact) mass is 578 g/mol. The molecule has 9 nitrogen and oxygen atoms in total. The van der Waals surface area contributed by atoms with Gasteiger partial charge in [-0.2, -0.15) is 0 Å². The van der Waals surface area contributed by atoms with Gasteiger partial charge in [0.25, 0.3) is 0 Å². The van der Waals surface area contributed by atoms with Gasteiger partial charge in [0.1, 0.15) is 5.56 Å². The smallest absolute Gasteiger partial charge is 0.349 e. The van der Waals surface area contributed by atoms with E-state index >= 15 is 0 Å². The number of methoxy groups -OCH3 is 1. The maximum absolute atomic E-state index is 13.5. The van der Waals surface area contributed by atoms with Gasteiger partial charge in [-0.05, 0) is 74.1 Å². The first-order valence-corrected chi connectivity index (χ1v) is 14.5. The number of fused-ring (bicyclic) bond motifs is 8. The van der Waals surface area contributed by atoms with E-state index in [2.05, 4.69) is 30.4 Å². The third-order valence-corrected chi connectivity index (χ3v) is 9.13. The molecule has 0 spiro atoms. The van der Waals surface area contributed by atoms with Crippen molar-refractivity contribution in [2.75, 3.05) is 7.11 Å². The molecule has 2 atom stereocenters. The molecule has 2 N–H and O–H groups in total. The summed E-state index contributed by atoms with van der Waals surface area (Å²) in [5.74, 6) is -2.13. The van der Waals surface area contributed by atoms with Crippen LogP contribution in [0.2, 0.25) is 0 Å². The minimum absolute atomic E-state index is 0.109. The Kier molecular flexibility index (Phi) is 6.91. The fourth-order valence-corrected chi connectivity index (χ4v) is 6.61. The average Bonchev–Trinajstić information content (AvgIpc) is 3.65. The van der Waals surface area contributed by atoms with E-state index < -0.39 is 11.9 Å². The molecule has 4 aliphatic heterocycles. The molecular weight excluding hydrogens is 544 g/mol. The first-order chi connectivity index (χ1) is 20.6. The summed E-state index contributed by atoms with van der Waals surface area (Å²) in [7, 11) is 1.36. The van der Waals surface area contributed by atoms with E-state index in [1.807, 2.05) is 45.0 Å². The zero-order valence-electron chi connectivity index (χ0n) is 25.2. The minimum atomic E-state index is -0.738. The van der Waals surface area contributed by atoms with E-state index in [1.165, 1.54) is 7.11 Å². The molecule has 0 aliphatic carbocycles. The van der Waals surface area contributed by atoms with E-state index in [0.717, 1.165) is 57.2 Å². The second-order valence-electron chi connectivity index (χ2n) is 11.4. The molecule has 0 saturated heterocycles. The van der Waals surface area contributed by atoms with Crippen LogP contribution in [0.3, 0.4) is 0 Å². The number of carbonyl (C=O) groups excluding carboxylic acids is 3. The van der Waals surface area contributed by atoms with Crippen molar-refractivity contribution >= 4 is 51.2 Å². The molecule has 43 heavy (non-hydrogen) atoms. The van der Waals surface area contributed by atoms with E-state index in [9.17, 15) is 14.4 Å². The highest BCUT2D eigenvalue weighted by Gasteiger charge is 2.38. The van der Waals surface area contributed by atoms with Gasteiger partial charge in [0, 0.05) is 40.7 Å². The Bertz CT molecular complexity index is 1900. The zero-order valence-corrected chi connectivity index (χ0v) is 25.2. The third-order valence-electron chi connectivity index (χ3n) is 9.13. The summed E-state index contributed by atoms with van der Waals surface area (Å²) in [5.41, 5.74) is 10.9. The molecule has 6 heterocycles. The largest absolute Gasteiger partial charge is 0.469 e. The Hall–Kier alpha value is -4.79. The lowest BCUT2D eigenvalue weighted by Gasteiger charge is -2.19. The Morgan fingerprint density at radius 2 is 1.70 bits per heavy atom. The Morgan fingerprint density at radius 3 is 2.40 bits per heavy atom. The number of aryl methyl sites for hydroxylation is 1. The first kappa shape index (κ1) is 28.3. The number of allylic oxidation sites excluding steroid dienone is 5. The standard InChI is InChI=1S/C34H34N4O5/c1-8-19-15(3)22-12-24-17(5)21(10-11-28(39)42-7)31(37-24)30-32-29(33(40)43-34(30)41)18(6)25(38-32)14-27-20(9-2)16(4)23(36-27)13-26(19)35-22/h8,12-14,17,21,37-38H,1,9-11H2,2-7H3. The molecule has 2 unspecified atom stereocenters. The van der Waals surface area contributed by atoms with Crippen LogP contribution in [0.15, 0.2) is 30.9 Å². The average molecular weight is 579 g/mol. The summed E-state index contributed by atoms with van der Waals surface area (Å²) >= 11 is 0. The molecular formula is C34H34N4O5. The summed E-state index contributed by atoms with van der Waals surface area (Å²) < 4.78 is 10.2. The number of hydrogen-bond acceptors (Lipinski definition) is 7. The number of nitrogens with zero attached hydrogens (tertiary/aromatic N) is 2. The number of nitrogens with one attached hydrogen (secondary N) is 2. The van der Waals surface area contributed by atoms with Gasteiger partial charge in [-0.15, -0.1) is 0 Å². The number of H-pyrrole nitrogens is 2. The summed E-state index contributed by atoms with van der Waals surface area (Å²) in [6.45, 7) is 14.1.